The van der Waals surface area contributed by atoms with Crippen molar-refractivity contribution in [3.05, 3.63) is 41.7 Å². The van der Waals surface area contributed by atoms with Crippen LogP contribution in [0.2, 0.25) is 0 Å². The van der Waals surface area contributed by atoms with Crippen LogP contribution in [0.25, 0.3) is 5.69 Å². The Morgan fingerprint density at radius 1 is 1.33 bits per heavy atom. The summed E-state index contributed by atoms with van der Waals surface area (Å²) >= 11 is 0. The maximum Gasteiger partial charge on any atom is 0.107 e. The van der Waals surface area contributed by atoms with Gasteiger partial charge >= 0.3 is 0 Å². The topological polar surface area (TPSA) is 80.2 Å². The second-order valence-electron chi connectivity index (χ2n) is 5.25. The van der Waals surface area contributed by atoms with E-state index in [1.54, 1.807) is 28.9 Å². The molecule has 3 N–H and O–H groups in total. The lowest BCUT2D eigenvalue weighted by atomic mass is 10.0. The molecular weight excluding hydrogens is 273 g/mol. The number of halogens is 1. The Kier molecular flexibility index (Phi) is 5.00. The second-order valence-corrected chi connectivity index (χ2v) is 5.25. The zero-order valence-corrected chi connectivity index (χ0v) is 12.1. The fraction of sp³-hybridized carbons (Fsp3) is 0.429. The maximum atomic E-state index is 12.5. The SMILES string of the molecule is CN(C)Cc1cn(-c2ccc([C@@H](O)[C@H](N)CF)cc2)nn1. The predicted octanol–water partition coefficient (Wildman–Crippen LogP) is 0.659. The Bertz CT molecular complexity index is 569. The number of aromatic nitrogens is 3. The van der Waals surface area contributed by atoms with Crippen LogP contribution in [0.3, 0.4) is 0 Å². The van der Waals surface area contributed by atoms with Gasteiger partial charge in [-0.25, -0.2) is 9.07 Å². The third kappa shape index (κ3) is 3.84. The Balaban J connectivity index is 2.13. The molecule has 0 aliphatic heterocycles. The van der Waals surface area contributed by atoms with E-state index in [9.17, 15) is 9.50 Å². The van der Waals surface area contributed by atoms with Crippen LogP contribution in [0.15, 0.2) is 30.5 Å². The van der Waals surface area contributed by atoms with E-state index in [0.29, 0.717) is 12.1 Å². The Morgan fingerprint density at radius 3 is 2.57 bits per heavy atom. The van der Waals surface area contributed by atoms with Gasteiger partial charge in [0.2, 0.25) is 0 Å². The Hall–Kier alpha value is -1.83. The van der Waals surface area contributed by atoms with Gasteiger partial charge in [0.25, 0.3) is 0 Å². The lowest BCUT2D eigenvalue weighted by molar-refractivity contribution is 0.132. The quantitative estimate of drug-likeness (QED) is 0.818. The van der Waals surface area contributed by atoms with Gasteiger partial charge < -0.3 is 15.7 Å². The summed E-state index contributed by atoms with van der Waals surface area (Å²) in [6, 6.07) is 6.09. The van der Waals surface area contributed by atoms with Crippen molar-refractivity contribution in [2.24, 2.45) is 5.73 Å². The number of hydrogen-bond acceptors (Lipinski definition) is 5. The largest absolute Gasteiger partial charge is 0.387 e. The van der Waals surface area contributed by atoms with E-state index in [1.165, 1.54) is 0 Å². The second kappa shape index (κ2) is 6.75. The van der Waals surface area contributed by atoms with Crippen LogP contribution >= 0.6 is 0 Å². The molecule has 0 aliphatic rings. The molecule has 2 aromatic rings. The van der Waals surface area contributed by atoms with E-state index in [4.69, 9.17) is 5.73 Å². The molecule has 21 heavy (non-hydrogen) atoms. The van der Waals surface area contributed by atoms with Crippen LogP contribution in [0, 0.1) is 0 Å². The third-order valence-corrected chi connectivity index (χ3v) is 3.10. The first-order valence-corrected chi connectivity index (χ1v) is 6.67. The van der Waals surface area contributed by atoms with Crippen molar-refractivity contribution >= 4 is 0 Å². The van der Waals surface area contributed by atoms with Crippen LogP contribution < -0.4 is 5.73 Å². The first-order chi connectivity index (χ1) is 10.0. The van der Waals surface area contributed by atoms with E-state index in [-0.39, 0.29) is 0 Å². The molecule has 1 aromatic carbocycles. The van der Waals surface area contributed by atoms with Gasteiger partial charge in [0.05, 0.1) is 29.7 Å². The van der Waals surface area contributed by atoms with Gasteiger partial charge in [0.1, 0.15) is 6.67 Å². The summed E-state index contributed by atoms with van der Waals surface area (Å²) in [5.41, 5.74) is 7.75. The molecule has 6 nitrogen and oxygen atoms in total. The van der Waals surface area contributed by atoms with Crippen molar-refractivity contribution in [3.63, 3.8) is 0 Å². The van der Waals surface area contributed by atoms with E-state index < -0.39 is 18.8 Å². The zero-order chi connectivity index (χ0) is 15.4. The van der Waals surface area contributed by atoms with Gasteiger partial charge in [-0.15, -0.1) is 5.10 Å². The predicted molar refractivity (Wildman–Crippen MR) is 77.7 cm³/mol. The first kappa shape index (κ1) is 15.6. The Labute approximate surface area is 123 Å². The molecule has 2 atom stereocenters. The number of nitrogens with two attached hydrogens (primary N) is 1. The summed E-state index contributed by atoms with van der Waals surface area (Å²) in [5.74, 6) is 0. The van der Waals surface area contributed by atoms with Gasteiger partial charge in [0.15, 0.2) is 0 Å². The lowest BCUT2D eigenvalue weighted by Crippen LogP contribution is -2.30. The number of nitrogens with zero attached hydrogens (tertiary/aromatic N) is 4. The van der Waals surface area contributed by atoms with Crippen molar-refractivity contribution in [3.8, 4) is 5.69 Å². The number of benzene rings is 1. The molecule has 0 bridgehead atoms. The average Bonchev–Trinajstić information content (AvgIpc) is 2.93. The number of hydrogen-bond donors (Lipinski definition) is 2. The van der Waals surface area contributed by atoms with E-state index >= 15 is 0 Å². The number of alkyl halides is 1. The summed E-state index contributed by atoms with van der Waals surface area (Å²) < 4.78 is 14.1. The average molecular weight is 293 g/mol. The van der Waals surface area contributed by atoms with E-state index in [2.05, 4.69) is 10.3 Å². The molecule has 0 fully saturated rings. The maximum absolute atomic E-state index is 12.5. The molecule has 114 valence electrons. The highest BCUT2D eigenvalue weighted by atomic mass is 19.1. The minimum Gasteiger partial charge on any atom is -0.387 e. The van der Waals surface area contributed by atoms with Crippen LogP contribution in [-0.4, -0.2) is 51.8 Å². The summed E-state index contributed by atoms with van der Waals surface area (Å²) in [4.78, 5) is 2.01. The standard InChI is InChI=1S/C14H20FN5O/c1-19(2)8-11-9-20(18-17-11)12-5-3-10(4-6-12)14(21)13(16)7-15/h3-6,9,13-14,21H,7-8,16H2,1-2H3/t13-,14-/m1/s1. The molecular formula is C14H20FN5O. The molecule has 2 rings (SSSR count). The minimum absolute atomic E-state index is 0.581. The van der Waals surface area contributed by atoms with Crippen molar-refractivity contribution in [1.29, 1.82) is 0 Å². The van der Waals surface area contributed by atoms with Crippen LogP contribution in [-0.2, 0) is 6.54 Å². The molecule has 0 amide bonds. The summed E-state index contributed by atoms with van der Waals surface area (Å²) in [6.45, 7) is -0.0535. The van der Waals surface area contributed by atoms with Gasteiger partial charge in [-0.2, -0.15) is 0 Å². The summed E-state index contributed by atoms with van der Waals surface area (Å²) in [7, 11) is 3.92. The third-order valence-electron chi connectivity index (χ3n) is 3.10. The molecule has 0 saturated carbocycles. The summed E-state index contributed by atoms with van der Waals surface area (Å²) in [6.07, 6.45) is 0.836. The van der Waals surface area contributed by atoms with Crippen molar-refractivity contribution in [2.45, 2.75) is 18.7 Å². The zero-order valence-electron chi connectivity index (χ0n) is 12.1. The fourth-order valence-electron chi connectivity index (χ4n) is 1.98. The molecule has 1 aromatic heterocycles. The molecule has 0 spiro atoms. The van der Waals surface area contributed by atoms with Gasteiger partial charge in [-0.3, -0.25) is 0 Å². The highest BCUT2D eigenvalue weighted by Gasteiger charge is 2.16. The normalized spacial score (nSPS) is 14.4. The van der Waals surface area contributed by atoms with Gasteiger partial charge in [-0.1, -0.05) is 17.3 Å². The van der Waals surface area contributed by atoms with Gasteiger partial charge in [0, 0.05) is 6.54 Å². The van der Waals surface area contributed by atoms with Crippen molar-refractivity contribution < 1.29 is 9.50 Å². The molecule has 0 unspecified atom stereocenters. The number of rotatable bonds is 6. The van der Waals surface area contributed by atoms with E-state index in [0.717, 1.165) is 11.4 Å². The highest BCUT2D eigenvalue weighted by Crippen LogP contribution is 2.18. The van der Waals surface area contributed by atoms with Crippen molar-refractivity contribution in [2.75, 3.05) is 20.8 Å². The highest BCUT2D eigenvalue weighted by molar-refractivity contribution is 5.35. The molecule has 0 saturated heterocycles. The monoisotopic (exact) mass is 293 g/mol. The smallest absolute Gasteiger partial charge is 0.107 e. The molecule has 1 heterocycles. The molecule has 0 radical (unpaired) electrons. The minimum atomic E-state index is -1.01. The molecule has 7 heteroatoms. The van der Waals surface area contributed by atoms with Crippen LogP contribution in [0.5, 0.6) is 0 Å². The van der Waals surface area contributed by atoms with Crippen LogP contribution in [0.1, 0.15) is 17.4 Å². The Morgan fingerprint density at radius 2 is 2.00 bits per heavy atom. The van der Waals surface area contributed by atoms with Gasteiger partial charge in [-0.05, 0) is 31.8 Å². The number of aliphatic hydroxyl groups excluding tert-OH is 1. The summed E-state index contributed by atoms with van der Waals surface area (Å²) in [5, 5.41) is 18.0. The lowest BCUT2D eigenvalue weighted by Gasteiger charge is -2.16. The van der Waals surface area contributed by atoms with Crippen LogP contribution in [0.4, 0.5) is 4.39 Å². The fourth-order valence-corrected chi connectivity index (χ4v) is 1.98. The first-order valence-electron chi connectivity index (χ1n) is 6.67. The van der Waals surface area contributed by atoms with Crippen molar-refractivity contribution in [1.82, 2.24) is 19.9 Å². The van der Waals surface area contributed by atoms with E-state index in [1.807, 2.05) is 25.2 Å². The molecule has 0 aliphatic carbocycles. The number of aliphatic hydroxyl groups is 1.